The molecule has 0 spiro atoms. The molecule has 5 heteroatoms. The fourth-order valence-electron chi connectivity index (χ4n) is 2.22. The summed E-state index contributed by atoms with van der Waals surface area (Å²) in [6.45, 7) is 4.69. The van der Waals surface area contributed by atoms with E-state index in [0.717, 1.165) is 31.8 Å². The van der Waals surface area contributed by atoms with Gasteiger partial charge in [0.1, 0.15) is 0 Å². The first-order valence-corrected chi connectivity index (χ1v) is 6.19. The van der Waals surface area contributed by atoms with Crippen LogP contribution in [0.15, 0.2) is 16.5 Å². The predicted octanol–water partition coefficient (Wildman–Crippen LogP) is 1.59. The van der Waals surface area contributed by atoms with Gasteiger partial charge in [-0.15, -0.1) is 0 Å². The molecule has 1 aliphatic heterocycles. The number of amides is 1. The number of anilines is 1. The number of Topliss-reactive ketones (excluding diaryl/α,β-unsaturated/α-hetero) is 1. The third-order valence-corrected chi connectivity index (χ3v) is 3.15. The number of carbonyl (C=O) groups excluding carboxylic acids is 2. The molecule has 1 aromatic heterocycles. The van der Waals surface area contributed by atoms with Gasteiger partial charge in [-0.1, -0.05) is 0 Å². The van der Waals surface area contributed by atoms with Crippen molar-refractivity contribution in [1.82, 2.24) is 5.32 Å². The maximum absolute atomic E-state index is 11.2. The zero-order chi connectivity index (χ0) is 13.1. The molecule has 1 aliphatic rings. The summed E-state index contributed by atoms with van der Waals surface area (Å²) in [6, 6.07) is 3.79. The molecule has 98 valence electrons. The lowest BCUT2D eigenvalue weighted by Gasteiger charge is -2.31. The molecule has 2 heterocycles. The second-order valence-corrected chi connectivity index (χ2v) is 4.66. The standard InChI is InChI=1S/C13H18N2O3/c1-9(16)12-3-4-13(18-12)15-7-5-11(6-8-15)14-10(2)17/h3-4,11H,5-8H2,1-2H3,(H,14,17). The van der Waals surface area contributed by atoms with Gasteiger partial charge in [-0.25, -0.2) is 0 Å². The van der Waals surface area contributed by atoms with E-state index in [4.69, 9.17) is 4.42 Å². The molecule has 1 amide bonds. The average molecular weight is 250 g/mol. The maximum Gasteiger partial charge on any atom is 0.217 e. The van der Waals surface area contributed by atoms with E-state index in [1.165, 1.54) is 13.8 Å². The van der Waals surface area contributed by atoms with Crippen LogP contribution in [0.1, 0.15) is 37.2 Å². The van der Waals surface area contributed by atoms with Crippen LogP contribution in [0.2, 0.25) is 0 Å². The van der Waals surface area contributed by atoms with Crippen LogP contribution in [0.3, 0.4) is 0 Å². The number of hydrogen-bond donors (Lipinski definition) is 1. The van der Waals surface area contributed by atoms with Gasteiger partial charge >= 0.3 is 0 Å². The third kappa shape index (κ3) is 2.91. The Labute approximate surface area is 106 Å². The van der Waals surface area contributed by atoms with Gasteiger partial charge < -0.3 is 14.6 Å². The molecule has 0 aromatic carbocycles. The Balaban J connectivity index is 1.92. The van der Waals surface area contributed by atoms with Crippen molar-refractivity contribution in [3.8, 4) is 0 Å². The summed E-state index contributed by atoms with van der Waals surface area (Å²) >= 11 is 0. The average Bonchev–Trinajstić information content (AvgIpc) is 2.78. The second-order valence-electron chi connectivity index (χ2n) is 4.66. The van der Waals surface area contributed by atoms with E-state index in [1.54, 1.807) is 6.07 Å². The summed E-state index contributed by atoms with van der Waals surface area (Å²) in [4.78, 5) is 24.2. The Bertz CT molecular complexity index is 445. The van der Waals surface area contributed by atoms with Gasteiger partial charge in [0.25, 0.3) is 0 Å². The number of carbonyl (C=O) groups is 2. The smallest absolute Gasteiger partial charge is 0.217 e. The first kappa shape index (κ1) is 12.7. The lowest BCUT2D eigenvalue weighted by molar-refractivity contribution is -0.119. The molecule has 2 rings (SSSR count). The highest BCUT2D eigenvalue weighted by molar-refractivity contribution is 5.91. The summed E-state index contributed by atoms with van der Waals surface area (Å²) in [5.74, 6) is 1.09. The number of ketones is 1. The fourth-order valence-corrected chi connectivity index (χ4v) is 2.22. The van der Waals surface area contributed by atoms with Crippen molar-refractivity contribution in [2.45, 2.75) is 32.7 Å². The van der Waals surface area contributed by atoms with Crippen LogP contribution in [0, 0.1) is 0 Å². The van der Waals surface area contributed by atoms with Crippen molar-refractivity contribution < 1.29 is 14.0 Å². The zero-order valence-electron chi connectivity index (χ0n) is 10.7. The van der Waals surface area contributed by atoms with Gasteiger partial charge in [-0.05, 0) is 18.9 Å². The van der Waals surface area contributed by atoms with E-state index >= 15 is 0 Å². The predicted molar refractivity (Wildman–Crippen MR) is 67.8 cm³/mol. The molecule has 0 aliphatic carbocycles. The number of nitrogens with one attached hydrogen (secondary N) is 1. The molecule has 0 unspecified atom stereocenters. The number of nitrogens with zero attached hydrogens (tertiary/aromatic N) is 1. The van der Waals surface area contributed by atoms with Crippen LogP contribution in [-0.2, 0) is 4.79 Å². The van der Waals surface area contributed by atoms with Crippen LogP contribution in [0.4, 0.5) is 5.88 Å². The third-order valence-electron chi connectivity index (χ3n) is 3.15. The normalized spacial score (nSPS) is 16.7. The minimum absolute atomic E-state index is 0.0188. The number of piperidine rings is 1. The van der Waals surface area contributed by atoms with Gasteiger partial charge in [0, 0.05) is 39.0 Å². The fraction of sp³-hybridized carbons (Fsp3) is 0.538. The number of rotatable bonds is 3. The Kier molecular flexibility index (Phi) is 3.69. The van der Waals surface area contributed by atoms with Crippen LogP contribution in [0.5, 0.6) is 0 Å². The molecule has 5 nitrogen and oxygen atoms in total. The Morgan fingerprint density at radius 2 is 1.94 bits per heavy atom. The van der Waals surface area contributed by atoms with Gasteiger partial charge in [0.15, 0.2) is 17.4 Å². The van der Waals surface area contributed by atoms with E-state index in [-0.39, 0.29) is 17.7 Å². The molecule has 1 N–H and O–H groups in total. The van der Waals surface area contributed by atoms with Crippen LogP contribution < -0.4 is 10.2 Å². The lowest BCUT2D eigenvalue weighted by Crippen LogP contribution is -2.43. The van der Waals surface area contributed by atoms with Crippen molar-refractivity contribution in [3.05, 3.63) is 17.9 Å². The van der Waals surface area contributed by atoms with Crippen LogP contribution >= 0.6 is 0 Å². The van der Waals surface area contributed by atoms with E-state index in [0.29, 0.717) is 5.76 Å². The monoisotopic (exact) mass is 250 g/mol. The molecule has 0 atom stereocenters. The van der Waals surface area contributed by atoms with Crippen molar-refractivity contribution in [3.63, 3.8) is 0 Å². The highest BCUT2D eigenvalue weighted by atomic mass is 16.4. The summed E-state index contributed by atoms with van der Waals surface area (Å²) in [5, 5.41) is 2.93. The minimum Gasteiger partial charge on any atom is -0.437 e. The quantitative estimate of drug-likeness (QED) is 0.827. The Morgan fingerprint density at radius 3 is 2.44 bits per heavy atom. The Hall–Kier alpha value is -1.78. The molecular weight excluding hydrogens is 232 g/mol. The number of furan rings is 1. The van der Waals surface area contributed by atoms with Gasteiger partial charge in [0.05, 0.1) is 0 Å². The second kappa shape index (κ2) is 5.25. The topological polar surface area (TPSA) is 62.6 Å². The minimum atomic E-state index is -0.0608. The van der Waals surface area contributed by atoms with Crippen LogP contribution in [0.25, 0.3) is 0 Å². The SMILES string of the molecule is CC(=O)NC1CCN(c2ccc(C(C)=O)o2)CC1. The van der Waals surface area contributed by atoms with Gasteiger partial charge in [0.2, 0.25) is 5.91 Å². The molecule has 0 bridgehead atoms. The summed E-state index contributed by atoms with van der Waals surface area (Å²) in [7, 11) is 0. The molecule has 1 aromatic rings. The highest BCUT2D eigenvalue weighted by Crippen LogP contribution is 2.22. The summed E-state index contributed by atoms with van der Waals surface area (Å²) in [5.41, 5.74) is 0. The van der Waals surface area contributed by atoms with E-state index in [1.807, 2.05) is 6.07 Å². The first-order chi connectivity index (χ1) is 8.56. The lowest BCUT2D eigenvalue weighted by atomic mass is 10.1. The summed E-state index contributed by atoms with van der Waals surface area (Å²) < 4.78 is 5.49. The van der Waals surface area contributed by atoms with Crippen molar-refractivity contribution >= 4 is 17.6 Å². The zero-order valence-corrected chi connectivity index (χ0v) is 10.7. The molecule has 1 saturated heterocycles. The van der Waals surface area contributed by atoms with Gasteiger partial charge in [-0.3, -0.25) is 9.59 Å². The largest absolute Gasteiger partial charge is 0.437 e. The molecule has 1 fully saturated rings. The molecule has 18 heavy (non-hydrogen) atoms. The molecular formula is C13H18N2O3. The highest BCUT2D eigenvalue weighted by Gasteiger charge is 2.22. The first-order valence-electron chi connectivity index (χ1n) is 6.19. The van der Waals surface area contributed by atoms with Crippen molar-refractivity contribution in [2.24, 2.45) is 0 Å². The van der Waals surface area contributed by atoms with E-state index < -0.39 is 0 Å². The van der Waals surface area contributed by atoms with Crippen molar-refractivity contribution in [1.29, 1.82) is 0 Å². The van der Waals surface area contributed by atoms with Crippen molar-refractivity contribution in [2.75, 3.05) is 18.0 Å². The van der Waals surface area contributed by atoms with Crippen LogP contribution in [-0.4, -0.2) is 30.8 Å². The Morgan fingerprint density at radius 1 is 1.28 bits per heavy atom. The molecule has 0 saturated carbocycles. The van der Waals surface area contributed by atoms with E-state index in [2.05, 4.69) is 10.2 Å². The maximum atomic E-state index is 11.2. The van der Waals surface area contributed by atoms with E-state index in [9.17, 15) is 9.59 Å². The van der Waals surface area contributed by atoms with Gasteiger partial charge in [-0.2, -0.15) is 0 Å². The molecule has 0 radical (unpaired) electrons. The number of hydrogen-bond acceptors (Lipinski definition) is 4. The summed E-state index contributed by atoms with van der Waals surface area (Å²) in [6.07, 6.45) is 1.80.